The minimum absolute atomic E-state index is 0.0437. The molecule has 0 unspecified atom stereocenters. The van der Waals surface area contributed by atoms with Crippen LogP contribution in [0.4, 0.5) is 0 Å². The molecular formula is C27H44O8. The van der Waals surface area contributed by atoms with Gasteiger partial charge in [0, 0.05) is 17.3 Å². The molecule has 0 amide bonds. The topological polar surface area (TPSA) is 159 Å². The minimum atomic E-state index is -1.82. The van der Waals surface area contributed by atoms with Gasteiger partial charge in [0.15, 0.2) is 5.78 Å². The molecule has 0 radical (unpaired) electrons. The standard InChI is InChI=1S/C27H44O8/c1-22(2,32)9-8-20(30)25(5,33)19-7-11-26(34)16-12-21(31)27(35)14-18(29)17(28)13-24(27,4)15(16)6-10-23(19,26)3/h12,15,17-20,28-30,32-35H,6-11,13-14H2,1-5H3/t15-,17-,18+,19-,20-,23+,24+,25+,26+,27+/m0/s1. The van der Waals surface area contributed by atoms with Crippen molar-refractivity contribution >= 4 is 5.78 Å². The van der Waals surface area contributed by atoms with E-state index in [1.807, 2.05) is 6.92 Å². The van der Waals surface area contributed by atoms with Gasteiger partial charge in [-0.15, -0.1) is 0 Å². The first kappa shape index (κ1) is 27.2. The molecule has 0 heterocycles. The van der Waals surface area contributed by atoms with Crippen molar-refractivity contribution in [2.24, 2.45) is 22.7 Å². The van der Waals surface area contributed by atoms with Crippen molar-refractivity contribution in [3.63, 3.8) is 0 Å². The second kappa shape index (κ2) is 8.06. The zero-order valence-corrected chi connectivity index (χ0v) is 21.7. The molecule has 4 aliphatic rings. The Morgan fingerprint density at radius 3 is 2.17 bits per heavy atom. The molecule has 0 aromatic rings. The number of hydrogen-bond acceptors (Lipinski definition) is 8. The molecule has 35 heavy (non-hydrogen) atoms. The predicted octanol–water partition coefficient (Wildman–Crippen LogP) is 0.969. The fourth-order valence-corrected chi connectivity index (χ4v) is 8.31. The predicted molar refractivity (Wildman–Crippen MR) is 128 cm³/mol. The first-order valence-electron chi connectivity index (χ1n) is 13.0. The van der Waals surface area contributed by atoms with Crippen LogP contribution in [0.15, 0.2) is 11.6 Å². The van der Waals surface area contributed by atoms with E-state index in [9.17, 15) is 40.5 Å². The van der Waals surface area contributed by atoms with Crippen LogP contribution in [0.25, 0.3) is 0 Å². The Bertz CT molecular complexity index is 907. The van der Waals surface area contributed by atoms with E-state index in [2.05, 4.69) is 0 Å². The molecule has 4 aliphatic carbocycles. The molecule has 200 valence electrons. The molecule has 7 N–H and O–H groups in total. The summed E-state index contributed by atoms with van der Waals surface area (Å²) in [4.78, 5) is 13.3. The highest BCUT2D eigenvalue weighted by Gasteiger charge is 2.71. The number of carbonyl (C=O) groups excluding carboxylic acids is 1. The number of aliphatic hydroxyl groups is 7. The van der Waals surface area contributed by atoms with Crippen LogP contribution in [0, 0.1) is 22.7 Å². The lowest BCUT2D eigenvalue weighted by molar-refractivity contribution is -0.211. The summed E-state index contributed by atoms with van der Waals surface area (Å²) in [7, 11) is 0. The van der Waals surface area contributed by atoms with E-state index >= 15 is 0 Å². The van der Waals surface area contributed by atoms with Crippen molar-refractivity contribution in [3.8, 4) is 0 Å². The Hall–Kier alpha value is -0.870. The van der Waals surface area contributed by atoms with Crippen LogP contribution in [0.5, 0.6) is 0 Å². The molecule has 10 atom stereocenters. The van der Waals surface area contributed by atoms with Crippen molar-refractivity contribution in [1.82, 2.24) is 0 Å². The van der Waals surface area contributed by atoms with Gasteiger partial charge in [0.2, 0.25) is 0 Å². The number of fused-ring (bicyclic) bond motifs is 5. The van der Waals surface area contributed by atoms with Gasteiger partial charge < -0.3 is 35.7 Å². The zero-order chi connectivity index (χ0) is 26.4. The highest BCUT2D eigenvalue weighted by Crippen LogP contribution is 2.69. The van der Waals surface area contributed by atoms with E-state index in [4.69, 9.17) is 0 Å². The number of ketones is 1. The minimum Gasteiger partial charge on any atom is -0.390 e. The summed E-state index contributed by atoms with van der Waals surface area (Å²) in [5, 5.41) is 77.0. The van der Waals surface area contributed by atoms with Crippen molar-refractivity contribution in [2.45, 2.75) is 127 Å². The van der Waals surface area contributed by atoms with E-state index < -0.39 is 63.2 Å². The van der Waals surface area contributed by atoms with Crippen LogP contribution >= 0.6 is 0 Å². The van der Waals surface area contributed by atoms with E-state index in [-0.39, 0.29) is 25.2 Å². The Morgan fingerprint density at radius 1 is 0.971 bits per heavy atom. The lowest BCUT2D eigenvalue weighted by atomic mass is 9.44. The third kappa shape index (κ3) is 3.70. The molecule has 0 bridgehead atoms. The van der Waals surface area contributed by atoms with Crippen LogP contribution in [0.1, 0.15) is 86.0 Å². The number of aliphatic hydroxyl groups excluding tert-OH is 3. The smallest absolute Gasteiger partial charge is 0.187 e. The van der Waals surface area contributed by atoms with Gasteiger partial charge in [-0.3, -0.25) is 4.79 Å². The van der Waals surface area contributed by atoms with E-state index in [0.29, 0.717) is 37.7 Å². The summed E-state index contributed by atoms with van der Waals surface area (Å²) < 4.78 is 0. The van der Waals surface area contributed by atoms with Crippen LogP contribution in [-0.4, -0.2) is 82.2 Å². The lowest BCUT2D eigenvalue weighted by Crippen LogP contribution is -2.69. The molecule has 0 spiro atoms. The average Bonchev–Trinajstić information content (AvgIpc) is 3.01. The average molecular weight is 497 g/mol. The zero-order valence-electron chi connectivity index (χ0n) is 21.7. The quantitative estimate of drug-likeness (QED) is 0.297. The maximum atomic E-state index is 13.3. The molecule has 0 aromatic heterocycles. The second-order valence-electron chi connectivity index (χ2n) is 13.3. The molecule has 8 nitrogen and oxygen atoms in total. The summed E-state index contributed by atoms with van der Waals surface area (Å²) in [6.07, 6.45) is 0.0884. The third-order valence-corrected chi connectivity index (χ3v) is 10.7. The maximum Gasteiger partial charge on any atom is 0.187 e. The highest BCUT2D eigenvalue weighted by molar-refractivity contribution is 6.00. The summed E-state index contributed by atoms with van der Waals surface area (Å²) >= 11 is 0. The molecule has 0 aromatic carbocycles. The van der Waals surface area contributed by atoms with Crippen molar-refractivity contribution in [2.75, 3.05) is 0 Å². The van der Waals surface area contributed by atoms with E-state index in [1.54, 1.807) is 27.7 Å². The van der Waals surface area contributed by atoms with Crippen molar-refractivity contribution < 1.29 is 40.5 Å². The second-order valence-corrected chi connectivity index (χ2v) is 13.3. The lowest BCUT2D eigenvalue weighted by Gasteiger charge is -2.62. The number of rotatable bonds is 5. The van der Waals surface area contributed by atoms with Crippen molar-refractivity contribution in [1.29, 1.82) is 0 Å². The molecule has 3 fully saturated rings. The molecular weight excluding hydrogens is 452 g/mol. The summed E-state index contributed by atoms with van der Waals surface area (Å²) in [5.41, 5.74) is -7.07. The van der Waals surface area contributed by atoms with Gasteiger partial charge in [0.05, 0.1) is 35.1 Å². The fraction of sp³-hybridized carbons (Fsp3) is 0.889. The third-order valence-electron chi connectivity index (χ3n) is 10.7. The van der Waals surface area contributed by atoms with Gasteiger partial charge >= 0.3 is 0 Å². The fourth-order valence-electron chi connectivity index (χ4n) is 8.31. The molecule has 0 aliphatic heterocycles. The van der Waals surface area contributed by atoms with Crippen molar-refractivity contribution in [3.05, 3.63) is 11.6 Å². The summed E-state index contributed by atoms with van der Waals surface area (Å²) in [6, 6.07) is 0. The Balaban J connectivity index is 1.70. The SMILES string of the molecule is CC(C)(O)CC[C@H](O)[C@](C)(O)[C@H]1CC[C@@]2(O)C3=CC(=O)[C@]4(O)C[C@@H](O)[C@@H](O)C[C@]4(C)[C@H]3CC[C@]12C. The van der Waals surface area contributed by atoms with Gasteiger partial charge in [0.1, 0.15) is 5.60 Å². The number of hydrogen-bond donors (Lipinski definition) is 7. The van der Waals surface area contributed by atoms with Crippen LogP contribution in [0.2, 0.25) is 0 Å². The summed E-state index contributed by atoms with van der Waals surface area (Å²) in [6.45, 7) is 8.58. The first-order valence-corrected chi connectivity index (χ1v) is 13.0. The van der Waals surface area contributed by atoms with Gasteiger partial charge in [-0.1, -0.05) is 13.8 Å². The highest BCUT2D eigenvalue weighted by atomic mass is 16.3. The van der Waals surface area contributed by atoms with E-state index in [0.717, 1.165) is 0 Å². The Labute approximate surface area is 207 Å². The number of carbonyl (C=O) groups is 1. The maximum absolute atomic E-state index is 13.3. The van der Waals surface area contributed by atoms with Crippen LogP contribution in [0.3, 0.4) is 0 Å². The Morgan fingerprint density at radius 2 is 1.57 bits per heavy atom. The molecule has 8 heteroatoms. The largest absolute Gasteiger partial charge is 0.390 e. The van der Waals surface area contributed by atoms with Gasteiger partial charge in [0.25, 0.3) is 0 Å². The van der Waals surface area contributed by atoms with E-state index in [1.165, 1.54) is 6.08 Å². The Kier molecular flexibility index (Phi) is 6.26. The monoisotopic (exact) mass is 496 g/mol. The van der Waals surface area contributed by atoms with Gasteiger partial charge in [-0.2, -0.15) is 0 Å². The molecule has 4 rings (SSSR count). The summed E-state index contributed by atoms with van der Waals surface area (Å²) in [5.74, 6) is -1.38. The van der Waals surface area contributed by atoms with Crippen LogP contribution in [-0.2, 0) is 4.79 Å². The first-order chi connectivity index (χ1) is 15.8. The van der Waals surface area contributed by atoms with Crippen LogP contribution < -0.4 is 0 Å². The molecule has 0 saturated heterocycles. The van der Waals surface area contributed by atoms with Gasteiger partial charge in [-0.25, -0.2) is 0 Å². The normalized spacial score (nSPS) is 48.3. The van der Waals surface area contributed by atoms with Gasteiger partial charge in [-0.05, 0) is 89.2 Å². The molecule has 3 saturated carbocycles.